The molecule has 3 aromatic carbocycles. The van der Waals surface area contributed by atoms with Gasteiger partial charge in [-0.25, -0.2) is 5.43 Å². The molecule has 0 radical (unpaired) electrons. The van der Waals surface area contributed by atoms with E-state index in [1.54, 1.807) is 19.2 Å². The number of nitrogens with zero attached hydrogens (tertiary/aromatic N) is 1. The van der Waals surface area contributed by atoms with Crippen molar-refractivity contribution in [2.24, 2.45) is 5.10 Å². The first-order valence-corrected chi connectivity index (χ1v) is 11.3. The molecular formula is C25H24IN3O4. The molecule has 0 aliphatic rings. The Morgan fingerprint density at radius 2 is 1.76 bits per heavy atom. The molecule has 0 heterocycles. The molecule has 8 heteroatoms. The third-order valence-electron chi connectivity index (χ3n) is 4.62. The van der Waals surface area contributed by atoms with Gasteiger partial charge in [0.15, 0.2) is 11.5 Å². The lowest BCUT2D eigenvalue weighted by Crippen LogP contribution is -2.24. The van der Waals surface area contributed by atoms with Gasteiger partial charge in [0.1, 0.15) is 13.0 Å². The zero-order valence-corrected chi connectivity index (χ0v) is 20.5. The van der Waals surface area contributed by atoms with Gasteiger partial charge in [0.25, 0.3) is 0 Å². The number of anilines is 1. The van der Waals surface area contributed by atoms with Gasteiger partial charge in [0.05, 0.1) is 16.9 Å². The number of ether oxygens (including phenoxy) is 2. The number of halogens is 1. The lowest BCUT2D eigenvalue weighted by molar-refractivity contribution is -0.126. The summed E-state index contributed by atoms with van der Waals surface area (Å²) in [4.78, 5) is 24.1. The number of carbonyl (C=O) groups is 2. The molecule has 3 rings (SSSR count). The normalized spacial score (nSPS) is 10.6. The van der Waals surface area contributed by atoms with E-state index in [0.717, 1.165) is 14.7 Å². The predicted molar refractivity (Wildman–Crippen MR) is 137 cm³/mol. The van der Waals surface area contributed by atoms with E-state index in [1.807, 2.05) is 61.5 Å². The minimum atomic E-state index is -0.512. The summed E-state index contributed by atoms with van der Waals surface area (Å²) in [5, 5.41) is 6.67. The molecule has 0 atom stereocenters. The van der Waals surface area contributed by atoms with Crippen molar-refractivity contribution in [2.45, 2.75) is 20.0 Å². The van der Waals surface area contributed by atoms with Gasteiger partial charge in [-0.3, -0.25) is 9.59 Å². The molecule has 0 bridgehead atoms. The van der Waals surface area contributed by atoms with E-state index in [1.165, 1.54) is 6.21 Å². The number of carbonyl (C=O) groups excluding carboxylic acids is 2. The van der Waals surface area contributed by atoms with E-state index < -0.39 is 11.8 Å². The highest BCUT2D eigenvalue weighted by Gasteiger charge is 2.12. The average molecular weight is 557 g/mol. The van der Waals surface area contributed by atoms with Crippen LogP contribution in [0.3, 0.4) is 0 Å². The van der Waals surface area contributed by atoms with Crippen molar-refractivity contribution >= 4 is 46.3 Å². The van der Waals surface area contributed by atoms with Crippen LogP contribution in [0.1, 0.15) is 23.1 Å². The Bertz CT molecular complexity index is 1150. The van der Waals surface area contributed by atoms with Crippen LogP contribution in [0, 0.1) is 10.5 Å². The smallest absolute Gasteiger partial charge is 0.249 e. The summed E-state index contributed by atoms with van der Waals surface area (Å²) >= 11 is 2.16. The SMILES string of the molecule is COc1cc(C=NNC(=O)CC(=O)Nc2ccccc2C)cc(I)c1OCc1ccccc1. The molecule has 170 valence electrons. The second kappa shape index (κ2) is 12.0. The van der Waals surface area contributed by atoms with Gasteiger partial charge in [0, 0.05) is 5.69 Å². The number of nitrogens with one attached hydrogen (secondary N) is 2. The fraction of sp³-hybridized carbons (Fsp3) is 0.160. The standard InChI is InChI=1S/C25H24IN3O4/c1-17-8-6-7-11-21(17)28-23(30)14-24(31)29-27-15-19-12-20(26)25(22(13-19)32-2)33-16-18-9-4-3-5-10-18/h3-13,15H,14,16H2,1-2H3,(H,28,30)(H,29,31). The number of hydrogen-bond donors (Lipinski definition) is 2. The van der Waals surface area contributed by atoms with Crippen molar-refractivity contribution in [1.29, 1.82) is 0 Å². The molecule has 0 spiro atoms. The van der Waals surface area contributed by atoms with E-state index in [-0.39, 0.29) is 6.42 Å². The van der Waals surface area contributed by atoms with E-state index in [0.29, 0.717) is 29.4 Å². The largest absolute Gasteiger partial charge is 0.493 e. The monoisotopic (exact) mass is 557 g/mol. The molecule has 33 heavy (non-hydrogen) atoms. The van der Waals surface area contributed by atoms with Gasteiger partial charge in [-0.05, 0) is 64.4 Å². The summed E-state index contributed by atoms with van der Waals surface area (Å²) in [7, 11) is 1.57. The molecule has 0 unspecified atom stereocenters. The molecule has 0 fully saturated rings. The minimum Gasteiger partial charge on any atom is -0.493 e. The third kappa shape index (κ3) is 7.31. The first-order valence-electron chi connectivity index (χ1n) is 10.2. The molecule has 2 amide bonds. The number of para-hydroxylation sites is 1. The molecule has 0 aliphatic heterocycles. The number of benzene rings is 3. The Morgan fingerprint density at radius 1 is 1.03 bits per heavy atom. The molecular weight excluding hydrogens is 533 g/mol. The first-order chi connectivity index (χ1) is 16.0. The van der Waals surface area contributed by atoms with Crippen molar-refractivity contribution in [1.82, 2.24) is 5.43 Å². The number of amides is 2. The van der Waals surface area contributed by atoms with Gasteiger partial charge in [-0.2, -0.15) is 5.10 Å². The second-order valence-corrected chi connectivity index (χ2v) is 8.30. The van der Waals surface area contributed by atoms with Crippen LogP contribution in [0.5, 0.6) is 11.5 Å². The van der Waals surface area contributed by atoms with Gasteiger partial charge in [-0.15, -0.1) is 0 Å². The van der Waals surface area contributed by atoms with E-state index in [4.69, 9.17) is 9.47 Å². The highest BCUT2D eigenvalue weighted by molar-refractivity contribution is 14.1. The van der Waals surface area contributed by atoms with E-state index >= 15 is 0 Å². The van der Waals surface area contributed by atoms with Crippen LogP contribution < -0.4 is 20.2 Å². The van der Waals surface area contributed by atoms with E-state index in [9.17, 15) is 9.59 Å². The number of hydrazone groups is 1. The lowest BCUT2D eigenvalue weighted by atomic mass is 10.2. The minimum absolute atomic E-state index is 0.335. The zero-order valence-electron chi connectivity index (χ0n) is 18.3. The molecule has 7 nitrogen and oxygen atoms in total. The highest BCUT2D eigenvalue weighted by Crippen LogP contribution is 2.34. The van der Waals surface area contributed by atoms with Gasteiger partial charge in [-0.1, -0.05) is 48.5 Å². The summed E-state index contributed by atoms with van der Waals surface area (Å²) in [5.41, 5.74) is 5.74. The topological polar surface area (TPSA) is 89.0 Å². The molecule has 0 aliphatic carbocycles. The summed E-state index contributed by atoms with van der Waals surface area (Å²) in [6.45, 7) is 2.30. The molecule has 3 aromatic rings. The molecule has 0 aromatic heterocycles. The van der Waals surface area contributed by atoms with Crippen LogP contribution in [-0.2, 0) is 16.2 Å². The van der Waals surface area contributed by atoms with Crippen molar-refractivity contribution in [2.75, 3.05) is 12.4 Å². The maximum atomic E-state index is 12.1. The first kappa shape index (κ1) is 24.2. The summed E-state index contributed by atoms with van der Waals surface area (Å²) < 4.78 is 12.3. The van der Waals surface area contributed by atoms with Crippen LogP contribution in [0.2, 0.25) is 0 Å². The van der Waals surface area contributed by atoms with Crippen molar-refractivity contribution < 1.29 is 19.1 Å². The Balaban J connectivity index is 1.56. The van der Waals surface area contributed by atoms with Crippen LogP contribution in [0.25, 0.3) is 0 Å². The number of rotatable bonds is 9. The van der Waals surface area contributed by atoms with Gasteiger partial charge in [0.2, 0.25) is 11.8 Å². The van der Waals surface area contributed by atoms with E-state index in [2.05, 4.69) is 38.4 Å². The summed E-state index contributed by atoms with van der Waals surface area (Å²) in [5.74, 6) is 0.272. The average Bonchev–Trinajstić information content (AvgIpc) is 2.80. The highest BCUT2D eigenvalue weighted by atomic mass is 127. The number of hydrogen-bond acceptors (Lipinski definition) is 5. The van der Waals surface area contributed by atoms with Gasteiger partial charge < -0.3 is 14.8 Å². The Morgan fingerprint density at radius 3 is 2.48 bits per heavy atom. The Kier molecular flexibility index (Phi) is 8.82. The van der Waals surface area contributed by atoms with Crippen LogP contribution >= 0.6 is 22.6 Å². The quantitative estimate of drug-likeness (QED) is 0.173. The predicted octanol–water partition coefficient (Wildman–Crippen LogP) is 4.67. The molecule has 0 saturated carbocycles. The Labute approximate surface area is 206 Å². The van der Waals surface area contributed by atoms with Crippen molar-refractivity contribution in [3.8, 4) is 11.5 Å². The molecule has 2 N–H and O–H groups in total. The maximum absolute atomic E-state index is 12.1. The lowest BCUT2D eigenvalue weighted by Gasteiger charge is -2.13. The second-order valence-electron chi connectivity index (χ2n) is 7.14. The van der Waals surface area contributed by atoms with Crippen molar-refractivity contribution in [3.63, 3.8) is 0 Å². The van der Waals surface area contributed by atoms with Gasteiger partial charge >= 0.3 is 0 Å². The zero-order chi connectivity index (χ0) is 23.6. The van der Waals surface area contributed by atoms with Crippen LogP contribution in [0.4, 0.5) is 5.69 Å². The third-order valence-corrected chi connectivity index (χ3v) is 5.42. The fourth-order valence-electron chi connectivity index (χ4n) is 2.96. The fourth-order valence-corrected chi connectivity index (χ4v) is 3.74. The van der Waals surface area contributed by atoms with Crippen LogP contribution in [0.15, 0.2) is 71.8 Å². The Hall–Kier alpha value is -3.40. The van der Waals surface area contributed by atoms with Crippen molar-refractivity contribution in [3.05, 3.63) is 87.0 Å². The maximum Gasteiger partial charge on any atom is 0.249 e. The number of aryl methyl sites for hydroxylation is 1. The van der Waals surface area contributed by atoms with Crippen LogP contribution in [-0.4, -0.2) is 25.1 Å². The molecule has 0 saturated heterocycles. The number of methoxy groups -OCH3 is 1. The summed E-state index contributed by atoms with van der Waals surface area (Å²) in [6, 6.07) is 20.9. The summed E-state index contributed by atoms with van der Waals surface area (Å²) in [6.07, 6.45) is 1.15.